The van der Waals surface area contributed by atoms with Crippen molar-refractivity contribution in [3.05, 3.63) is 77.9 Å². The predicted octanol–water partition coefficient (Wildman–Crippen LogP) is 4.13. The largest absolute Gasteiger partial charge is 0.456 e. The zero-order chi connectivity index (χ0) is 19.7. The monoisotopic (exact) mass is 381 g/mol. The Morgan fingerprint density at radius 1 is 1.00 bits per heavy atom. The van der Waals surface area contributed by atoms with Crippen molar-refractivity contribution in [2.45, 2.75) is 13.0 Å². The Labute approximate surface area is 160 Å². The SMILES string of the molecule is C[C@@H]([NH2+]CC(=O)Nc1ccc2oc3ccccc3c2c1)c1ccc(F)c(F)c1. The van der Waals surface area contributed by atoms with Crippen LogP contribution in [0.3, 0.4) is 0 Å². The highest BCUT2D eigenvalue weighted by Crippen LogP contribution is 2.30. The maximum Gasteiger partial charge on any atom is 0.279 e. The summed E-state index contributed by atoms with van der Waals surface area (Å²) in [5.74, 6) is -1.94. The Morgan fingerprint density at radius 2 is 1.79 bits per heavy atom. The number of nitrogens with two attached hydrogens (primary N) is 1. The van der Waals surface area contributed by atoms with Crippen molar-refractivity contribution in [1.82, 2.24) is 0 Å². The van der Waals surface area contributed by atoms with Gasteiger partial charge >= 0.3 is 0 Å². The maximum atomic E-state index is 13.4. The molecule has 0 fully saturated rings. The van der Waals surface area contributed by atoms with Gasteiger partial charge in [0.25, 0.3) is 5.91 Å². The van der Waals surface area contributed by atoms with Crippen LogP contribution >= 0.6 is 0 Å². The second-order valence-corrected chi connectivity index (χ2v) is 6.76. The summed E-state index contributed by atoms with van der Waals surface area (Å²) in [6.07, 6.45) is 0. The van der Waals surface area contributed by atoms with Crippen LogP contribution in [-0.2, 0) is 4.79 Å². The van der Waals surface area contributed by atoms with E-state index in [9.17, 15) is 13.6 Å². The van der Waals surface area contributed by atoms with Crippen LogP contribution in [0.25, 0.3) is 21.9 Å². The van der Waals surface area contributed by atoms with Crippen LogP contribution in [0.4, 0.5) is 14.5 Å². The lowest BCUT2D eigenvalue weighted by Crippen LogP contribution is -2.86. The molecule has 4 rings (SSSR count). The number of hydrogen-bond donors (Lipinski definition) is 2. The molecular formula is C22H19F2N2O2+. The number of para-hydroxylation sites is 1. The van der Waals surface area contributed by atoms with Crippen LogP contribution < -0.4 is 10.6 Å². The number of carbonyl (C=O) groups is 1. The average molecular weight is 381 g/mol. The number of anilines is 1. The Kier molecular flexibility index (Phi) is 4.79. The molecule has 0 aliphatic carbocycles. The minimum atomic E-state index is -0.886. The standard InChI is InChI=1S/C22H18F2N2O2/c1-13(14-6-8-18(23)19(24)10-14)25-12-22(27)26-15-7-9-21-17(11-15)16-4-2-3-5-20(16)28-21/h2-11,13,25H,12H2,1H3,(H,26,27)/p+1/t13-/m1/s1. The van der Waals surface area contributed by atoms with E-state index in [2.05, 4.69) is 5.32 Å². The van der Waals surface area contributed by atoms with Gasteiger partial charge in [-0.1, -0.05) is 18.2 Å². The third-order valence-corrected chi connectivity index (χ3v) is 4.79. The van der Waals surface area contributed by atoms with Gasteiger partial charge in [0.15, 0.2) is 18.2 Å². The van der Waals surface area contributed by atoms with E-state index in [0.717, 1.165) is 34.1 Å². The van der Waals surface area contributed by atoms with Crippen molar-refractivity contribution in [3.8, 4) is 0 Å². The number of amides is 1. The highest BCUT2D eigenvalue weighted by Gasteiger charge is 2.14. The zero-order valence-electron chi connectivity index (χ0n) is 15.2. The molecule has 1 aromatic heterocycles. The molecule has 1 atom stereocenters. The van der Waals surface area contributed by atoms with Crippen LogP contribution in [0, 0.1) is 11.6 Å². The van der Waals surface area contributed by atoms with E-state index in [-0.39, 0.29) is 18.5 Å². The normalized spacial score (nSPS) is 12.4. The zero-order valence-corrected chi connectivity index (χ0v) is 15.2. The molecule has 0 saturated carbocycles. The van der Waals surface area contributed by atoms with E-state index in [1.807, 2.05) is 43.3 Å². The van der Waals surface area contributed by atoms with Gasteiger partial charge in [-0.2, -0.15) is 0 Å². The van der Waals surface area contributed by atoms with Crippen molar-refractivity contribution < 1.29 is 23.3 Å². The van der Waals surface area contributed by atoms with E-state index in [0.29, 0.717) is 11.3 Å². The van der Waals surface area contributed by atoms with Gasteiger partial charge in [-0.25, -0.2) is 8.78 Å². The molecule has 0 aliphatic heterocycles. The van der Waals surface area contributed by atoms with E-state index in [1.165, 1.54) is 6.07 Å². The molecule has 1 heterocycles. The third kappa shape index (κ3) is 3.59. The average Bonchev–Trinajstić information content (AvgIpc) is 3.06. The number of rotatable bonds is 5. The molecule has 28 heavy (non-hydrogen) atoms. The minimum Gasteiger partial charge on any atom is -0.456 e. The quantitative estimate of drug-likeness (QED) is 0.546. The first-order chi connectivity index (χ1) is 13.5. The number of fused-ring (bicyclic) bond motifs is 3. The number of halogens is 2. The van der Waals surface area contributed by atoms with Crippen LogP contribution in [0.15, 0.2) is 65.1 Å². The summed E-state index contributed by atoms with van der Waals surface area (Å²) in [5.41, 5.74) is 2.86. The van der Waals surface area contributed by atoms with Gasteiger partial charge in [0.2, 0.25) is 0 Å². The molecular weight excluding hydrogens is 362 g/mol. The molecule has 142 valence electrons. The molecule has 4 aromatic rings. The highest BCUT2D eigenvalue weighted by atomic mass is 19.2. The molecule has 0 spiro atoms. The summed E-state index contributed by atoms with van der Waals surface area (Å²) in [5, 5.41) is 6.57. The van der Waals surface area contributed by atoms with Gasteiger partial charge in [-0.05, 0) is 49.4 Å². The lowest BCUT2D eigenvalue weighted by Gasteiger charge is -2.11. The van der Waals surface area contributed by atoms with E-state index >= 15 is 0 Å². The first kappa shape index (κ1) is 18.1. The van der Waals surface area contributed by atoms with Crippen molar-refractivity contribution in [1.29, 1.82) is 0 Å². The molecule has 6 heteroatoms. The van der Waals surface area contributed by atoms with Crippen molar-refractivity contribution >= 4 is 33.5 Å². The Balaban J connectivity index is 1.43. The molecule has 0 unspecified atom stereocenters. The second-order valence-electron chi connectivity index (χ2n) is 6.76. The van der Waals surface area contributed by atoms with Gasteiger partial charge in [0.1, 0.15) is 17.2 Å². The molecule has 0 saturated heterocycles. The van der Waals surface area contributed by atoms with E-state index < -0.39 is 11.6 Å². The molecule has 0 bridgehead atoms. The van der Waals surface area contributed by atoms with E-state index in [4.69, 9.17) is 4.42 Å². The van der Waals surface area contributed by atoms with Gasteiger partial charge in [0.05, 0.1) is 0 Å². The Hall–Kier alpha value is -3.25. The Bertz CT molecular complexity index is 1170. The number of furan rings is 1. The molecule has 1 amide bonds. The summed E-state index contributed by atoms with van der Waals surface area (Å²) in [6.45, 7) is 1.99. The smallest absolute Gasteiger partial charge is 0.279 e. The fraction of sp³-hybridized carbons (Fsp3) is 0.136. The fourth-order valence-corrected chi connectivity index (χ4v) is 3.23. The summed E-state index contributed by atoms with van der Waals surface area (Å²) < 4.78 is 32.2. The number of quaternary nitrogens is 1. The third-order valence-electron chi connectivity index (χ3n) is 4.79. The van der Waals surface area contributed by atoms with Crippen molar-refractivity contribution in [3.63, 3.8) is 0 Å². The first-order valence-electron chi connectivity index (χ1n) is 9.00. The highest BCUT2D eigenvalue weighted by molar-refractivity contribution is 6.06. The lowest BCUT2D eigenvalue weighted by molar-refractivity contribution is -0.682. The molecule has 3 aromatic carbocycles. The van der Waals surface area contributed by atoms with Gasteiger partial charge in [-0.3, -0.25) is 4.79 Å². The van der Waals surface area contributed by atoms with Gasteiger partial charge < -0.3 is 15.1 Å². The first-order valence-corrected chi connectivity index (χ1v) is 9.00. The summed E-state index contributed by atoms with van der Waals surface area (Å²) >= 11 is 0. The minimum absolute atomic E-state index is 0.157. The van der Waals surface area contributed by atoms with E-state index in [1.54, 1.807) is 11.4 Å². The van der Waals surface area contributed by atoms with Gasteiger partial charge in [-0.15, -0.1) is 0 Å². The van der Waals surface area contributed by atoms with Gasteiger partial charge in [0, 0.05) is 22.0 Å². The predicted molar refractivity (Wildman–Crippen MR) is 104 cm³/mol. The van der Waals surface area contributed by atoms with Crippen LogP contribution in [-0.4, -0.2) is 12.5 Å². The molecule has 0 aliphatic rings. The molecule has 0 radical (unpaired) electrons. The van der Waals surface area contributed by atoms with Crippen molar-refractivity contribution in [2.75, 3.05) is 11.9 Å². The summed E-state index contributed by atoms with van der Waals surface area (Å²) in [6, 6.07) is 16.8. The molecule has 4 nitrogen and oxygen atoms in total. The van der Waals surface area contributed by atoms with Crippen LogP contribution in [0.1, 0.15) is 18.5 Å². The summed E-state index contributed by atoms with van der Waals surface area (Å²) in [4.78, 5) is 12.3. The number of hydrogen-bond acceptors (Lipinski definition) is 2. The molecule has 3 N–H and O–H groups in total. The number of carbonyl (C=O) groups excluding carboxylic acids is 1. The van der Waals surface area contributed by atoms with Crippen LogP contribution in [0.5, 0.6) is 0 Å². The number of nitrogens with one attached hydrogen (secondary N) is 1. The Morgan fingerprint density at radius 3 is 2.61 bits per heavy atom. The number of benzene rings is 3. The maximum absolute atomic E-state index is 13.4. The fourth-order valence-electron chi connectivity index (χ4n) is 3.23. The topological polar surface area (TPSA) is 58.9 Å². The second kappa shape index (κ2) is 7.40. The lowest BCUT2D eigenvalue weighted by atomic mass is 10.1. The van der Waals surface area contributed by atoms with Crippen molar-refractivity contribution in [2.24, 2.45) is 0 Å². The van der Waals surface area contributed by atoms with Crippen LogP contribution in [0.2, 0.25) is 0 Å². The summed E-state index contributed by atoms with van der Waals surface area (Å²) in [7, 11) is 0.